The van der Waals surface area contributed by atoms with Crippen LogP contribution in [0.15, 0.2) is 16.6 Å². The van der Waals surface area contributed by atoms with Crippen molar-refractivity contribution in [2.75, 3.05) is 6.61 Å². The second-order valence-electron chi connectivity index (χ2n) is 3.60. The van der Waals surface area contributed by atoms with Gasteiger partial charge in [0.2, 0.25) is 0 Å². The van der Waals surface area contributed by atoms with Gasteiger partial charge in [0.15, 0.2) is 5.75 Å². The number of hydrogen-bond acceptors (Lipinski definition) is 4. The molecular weight excluding hydrogens is 343 g/mol. The highest BCUT2D eigenvalue weighted by Crippen LogP contribution is 2.34. The van der Waals surface area contributed by atoms with E-state index >= 15 is 0 Å². The van der Waals surface area contributed by atoms with Crippen LogP contribution in [0.4, 0.5) is 13.2 Å². The van der Waals surface area contributed by atoms with Crippen LogP contribution >= 0.6 is 15.9 Å². The molecule has 0 unspecified atom stereocenters. The lowest BCUT2D eigenvalue weighted by atomic mass is 10.1. The summed E-state index contributed by atoms with van der Waals surface area (Å²) in [6.45, 7) is 1.83. The van der Waals surface area contributed by atoms with E-state index in [-0.39, 0.29) is 23.1 Å². The molecule has 8 heteroatoms. The van der Waals surface area contributed by atoms with Crippen LogP contribution in [0.3, 0.4) is 0 Å². The summed E-state index contributed by atoms with van der Waals surface area (Å²) in [6, 6.07) is 4.03. The van der Waals surface area contributed by atoms with Crippen LogP contribution in [0.2, 0.25) is 0 Å². The molecule has 0 amide bonds. The fourth-order valence-corrected chi connectivity index (χ4v) is 2.02. The van der Waals surface area contributed by atoms with Crippen LogP contribution in [0.5, 0.6) is 5.75 Å². The lowest BCUT2D eigenvalue weighted by molar-refractivity contribution is -0.275. The number of halogens is 4. The second kappa shape index (κ2) is 6.61. The second-order valence-corrected chi connectivity index (χ2v) is 4.45. The molecule has 0 bridgehead atoms. The Labute approximate surface area is 121 Å². The Morgan fingerprint density at radius 3 is 2.60 bits per heavy atom. The van der Waals surface area contributed by atoms with E-state index < -0.39 is 18.1 Å². The molecule has 0 aliphatic heterocycles. The van der Waals surface area contributed by atoms with Crippen molar-refractivity contribution >= 4 is 21.9 Å². The van der Waals surface area contributed by atoms with E-state index in [2.05, 4.69) is 20.7 Å². The Morgan fingerprint density at radius 1 is 1.45 bits per heavy atom. The fourth-order valence-electron chi connectivity index (χ4n) is 1.43. The minimum absolute atomic E-state index is 0.0619. The summed E-state index contributed by atoms with van der Waals surface area (Å²) >= 11 is 2.89. The number of nitrogens with zero attached hydrogens (tertiary/aromatic N) is 1. The third-order valence-electron chi connectivity index (χ3n) is 2.10. The monoisotopic (exact) mass is 351 g/mol. The smallest absolute Gasteiger partial charge is 0.466 e. The highest BCUT2D eigenvalue weighted by atomic mass is 79.9. The van der Waals surface area contributed by atoms with Gasteiger partial charge in [-0.25, -0.2) is 0 Å². The quantitative estimate of drug-likeness (QED) is 0.780. The predicted octanol–water partition coefficient (Wildman–Crippen LogP) is 3.32. The van der Waals surface area contributed by atoms with E-state index in [0.29, 0.717) is 5.56 Å². The third kappa shape index (κ3) is 4.74. The summed E-state index contributed by atoms with van der Waals surface area (Å²) in [5, 5.41) is 8.87. The van der Waals surface area contributed by atoms with Crippen molar-refractivity contribution in [2.24, 2.45) is 0 Å². The van der Waals surface area contributed by atoms with E-state index in [0.717, 1.165) is 6.07 Å². The van der Waals surface area contributed by atoms with Gasteiger partial charge in [-0.05, 0) is 40.5 Å². The van der Waals surface area contributed by atoms with Crippen LogP contribution < -0.4 is 4.74 Å². The van der Waals surface area contributed by atoms with Crippen LogP contribution in [-0.4, -0.2) is 18.9 Å². The first-order chi connectivity index (χ1) is 9.26. The summed E-state index contributed by atoms with van der Waals surface area (Å²) < 4.78 is 45.1. The van der Waals surface area contributed by atoms with Gasteiger partial charge < -0.3 is 9.47 Å². The van der Waals surface area contributed by atoms with Gasteiger partial charge in [-0.3, -0.25) is 4.79 Å². The van der Waals surface area contributed by atoms with E-state index in [1.54, 1.807) is 13.0 Å². The van der Waals surface area contributed by atoms with E-state index in [9.17, 15) is 18.0 Å². The molecule has 0 aliphatic carbocycles. The molecule has 0 atom stereocenters. The molecule has 1 aromatic carbocycles. The van der Waals surface area contributed by atoms with Gasteiger partial charge in [-0.1, -0.05) is 0 Å². The highest BCUT2D eigenvalue weighted by molar-refractivity contribution is 9.10. The molecule has 0 saturated heterocycles. The van der Waals surface area contributed by atoms with Crippen LogP contribution in [0.1, 0.15) is 18.1 Å². The largest absolute Gasteiger partial charge is 0.573 e. The number of hydrogen-bond donors (Lipinski definition) is 0. The van der Waals surface area contributed by atoms with Crippen LogP contribution in [-0.2, 0) is 16.0 Å². The third-order valence-corrected chi connectivity index (χ3v) is 2.68. The zero-order chi connectivity index (χ0) is 15.3. The summed E-state index contributed by atoms with van der Waals surface area (Å²) in [7, 11) is 0. The van der Waals surface area contributed by atoms with E-state index in [4.69, 9.17) is 10.00 Å². The fraction of sp³-hybridized carbons (Fsp3) is 0.333. The molecule has 0 spiro atoms. The van der Waals surface area contributed by atoms with Gasteiger partial charge >= 0.3 is 12.3 Å². The zero-order valence-electron chi connectivity index (χ0n) is 10.3. The maximum absolute atomic E-state index is 12.2. The van der Waals surface area contributed by atoms with Crippen LogP contribution in [0, 0.1) is 11.3 Å². The SMILES string of the molecule is CCOC(=O)Cc1cc(Br)c(OC(F)(F)F)c(C#N)c1. The van der Waals surface area contributed by atoms with Gasteiger partial charge in [0.05, 0.1) is 23.1 Å². The molecule has 108 valence electrons. The molecule has 0 aromatic heterocycles. The number of benzene rings is 1. The topological polar surface area (TPSA) is 59.3 Å². The maximum Gasteiger partial charge on any atom is 0.573 e. The number of alkyl halides is 3. The maximum atomic E-state index is 12.2. The average molecular weight is 352 g/mol. The Hall–Kier alpha value is -1.75. The van der Waals surface area contributed by atoms with Crippen molar-refractivity contribution in [1.29, 1.82) is 5.26 Å². The number of carbonyl (C=O) groups is 1. The van der Waals surface area contributed by atoms with Crippen molar-refractivity contribution in [3.8, 4) is 11.8 Å². The molecule has 0 aliphatic rings. The van der Waals surface area contributed by atoms with E-state index in [1.807, 2.05) is 0 Å². The van der Waals surface area contributed by atoms with Crippen molar-refractivity contribution in [3.63, 3.8) is 0 Å². The Kier molecular flexibility index (Phi) is 5.39. The summed E-state index contributed by atoms with van der Waals surface area (Å²) in [6.07, 6.45) is -5.05. The Bertz CT molecular complexity index is 552. The molecule has 1 aromatic rings. The molecule has 0 heterocycles. The summed E-state index contributed by atoms with van der Waals surface area (Å²) in [5.74, 6) is -1.17. The van der Waals surface area contributed by atoms with Crippen molar-refractivity contribution < 1.29 is 27.4 Å². The molecule has 4 nitrogen and oxygen atoms in total. The van der Waals surface area contributed by atoms with Gasteiger partial charge in [0.1, 0.15) is 6.07 Å². The number of ether oxygens (including phenoxy) is 2. The summed E-state index contributed by atoms with van der Waals surface area (Å²) in [4.78, 5) is 11.3. The van der Waals surface area contributed by atoms with Crippen molar-refractivity contribution in [3.05, 3.63) is 27.7 Å². The molecular formula is C12H9BrF3NO3. The summed E-state index contributed by atoms with van der Waals surface area (Å²) in [5.41, 5.74) is 0.0254. The Morgan fingerprint density at radius 2 is 2.10 bits per heavy atom. The minimum atomic E-state index is -4.91. The van der Waals surface area contributed by atoms with Gasteiger partial charge in [0, 0.05) is 0 Å². The first-order valence-electron chi connectivity index (χ1n) is 5.40. The number of carbonyl (C=O) groups excluding carboxylic acids is 1. The molecule has 20 heavy (non-hydrogen) atoms. The van der Waals surface area contributed by atoms with Gasteiger partial charge in [-0.15, -0.1) is 13.2 Å². The number of nitriles is 1. The molecule has 0 N–H and O–H groups in total. The lowest BCUT2D eigenvalue weighted by Crippen LogP contribution is -2.18. The standard InChI is InChI=1S/C12H9BrF3NO3/c1-2-19-10(18)5-7-3-8(6-17)11(9(13)4-7)20-12(14,15)16/h3-4H,2,5H2,1H3. The first kappa shape index (κ1) is 16.3. The average Bonchev–Trinajstić information content (AvgIpc) is 2.31. The Balaban J connectivity index is 3.08. The van der Waals surface area contributed by atoms with Gasteiger partial charge in [-0.2, -0.15) is 5.26 Å². The molecule has 1 rings (SSSR count). The van der Waals surface area contributed by atoms with Gasteiger partial charge in [0.25, 0.3) is 0 Å². The highest BCUT2D eigenvalue weighted by Gasteiger charge is 2.33. The first-order valence-corrected chi connectivity index (χ1v) is 6.20. The van der Waals surface area contributed by atoms with Crippen molar-refractivity contribution in [2.45, 2.75) is 19.7 Å². The normalized spacial score (nSPS) is 10.8. The molecule has 0 fully saturated rings. The minimum Gasteiger partial charge on any atom is -0.466 e. The van der Waals surface area contributed by atoms with Crippen LogP contribution in [0.25, 0.3) is 0 Å². The number of rotatable bonds is 4. The molecule has 0 saturated carbocycles. The zero-order valence-corrected chi connectivity index (χ0v) is 11.8. The molecule has 0 radical (unpaired) electrons. The predicted molar refractivity (Wildman–Crippen MR) is 65.9 cm³/mol. The van der Waals surface area contributed by atoms with E-state index in [1.165, 1.54) is 6.07 Å². The van der Waals surface area contributed by atoms with Crippen molar-refractivity contribution in [1.82, 2.24) is 0 Å². The number of esters is 1. The lowest BCUT2D eigenvalue weighted by Gasteiger charge is -2.13.